The molecule has 0 saturated carbocycles. The minimum absolute atomic E-state index is 0.0578. The van der Waals surface area contributed by atoms with Gasteiger partial charge in [0.2, 0.25) is 5.88 Å². The summed E-state index contributed by atoms with van der Waals surface area (Å²) in [6, 6.07) is 5.19. The first-order valence-electron chi connectivity index (χ1n) is 6.56. The summed E-state index contributed by atoms with van der Waals surface area (Å²) in [7, 11) is 3.07. The molecular formula is C15H11ClF2N4O. The molecule has 0 aliphatic heterocycles. The summed E-state index contributed by atoms with van der Waals surface area (Å²) in [4.78, 5) is 3.97. The molecule has 0 spiro atoms. The zero-order valence-electron chi connectivity index (χ0n) is 12.2. The number of ether oxygens (including phenoxy) is 1. The summed E-state index contributed by atoms with van der Waals surface area (Å²) in [5, 5.41) is 8.21. The number of rotatable bonds is 3. The molecular weight excluding hydrogens is 326 g/mol. The number of hydrogen-bond acceptors (Lipinski definition) is 4. The van der Waals surface area contributed by atoms with Gasteiger partial charge in [0.15, 0.2) is 11.6 Å². The van der Waals surface area contributed by atoms with Gasteiger partial charge in [0.1, 0.15) is 11.6 Å². The molecule has 0 aliphatic rings. The Labute approximate surface area is 135 Å². The van der Waals surface area contributed by atoms with Gasteiger partial charge in [-0.25, -0.2) is 13.8 Å². The molecule has 118 valence electrons. The predicted molar refractivity (Wildman–Crippen MR) is 81.1 cm³/mol. The van der Waals surface area contributed by atoms with Crippen LogP contribution in [0.4, 0.5) is 8.78 Å². The van der Waals surface area contributed by atoms with Crippen LogP contribution in [-0.2, 0) is 7.05 Å². The van der Waals surface area contributed by atoms with Gasteiger partial charge in [-0.2, -0.15) is 0 Å². The Bertz CT molecular complexity index is 862. The maximum absolute atomic E-state index is 13.9. The third kappa shape index (κ3) is 2.63. The summed E-state index contributed by atoms with van der Waals surface area (Å²) in [6.07, 6.45) is 1.41. The third-order valence-electron chi connectivity index (χ3n) is 3.34. The first-order valence-corrected chi connectivity index (χ1v) is 6.94. The average molecular weight is 337 g/mol. The second kappa shape index (κ2) is 5.92. The maximum Gasteiger partial charge on any atom is 0.213 e. The van der Waals surface area contributed by atoms with Crippen LogP contribution in [0.2, 0.25) is 5.02 Å². The zero-order valence-corrected chi connectivity index (χ0v) is 13.0. The molecule has 0 saturated heterocycles. The number of benzene rings is 1. The van der Waals surface area contributed by atoms with Crippen molar-refractivity contribution in [1.29, 1.82) is 0 Å². The molecule has 23 heavy (non-hydrogen) atoms. The van der Waals surface area contributed by atoms with E-state index in [1.807, 2.05) is 0 Å². The van der Waals surface area contributed by atoms with E-state index in [1.54, 1.807) is 13.1 Å². The highest BCUT2D eigenvalue weighted by molar-refractivity contribution is 6.33. The normalized spacial score (nSPS) is 10.8. The van der Waals surface area contributed by atoms with Gasteiger partial charge < -0.3 is 9.30 Å². The SMILES string of the molecule is COc1cc(-c2nnc(-c3c(F)cccc3F)n2C)c(Cl)cn1. The summed E-state index contributed by atoms with van der Waals surface area (Å²) in [5.74, 6) is -0.697. The fourth-order valence-electron chi connectivity index (χ4n) is 2.20. The van der Waals surface area contributed by atoms with Gasteiger partial charge in [0.25, 0.3) is 0 Å². The first-order chi connectivity index (χ1) is 11.0. The average Bonchev–Trinajstić information content (AvgIpc) is 2.89. The van der Waals surface area contributed by atoms with Crippen molar-refractivity contribution >= 4 is 11.6 Å². The minimum Gasteiger partial charge on any atom is -0.481 e. The number of aromatic nitrogens is 4. The maximum atomic E-state index is 13.9. The van der Waals surface area contributed by atoms with E-state index in [-0.39, 0.29) is 11.4 Å². The van der Waals surface area contributed by atoms with Crippen LogP contribution in [0.15, 0.2) is 30.5 Å². The van der Waals surface area contributed by atoms with Crippen LogP contribution in [0.5, 0.6) is 5.88 Å². The van der Waals surface area contributed by atoms with E-state index in [4.69, 9.17) is 16.3 Å². The van der Waals surface area contributed by atoms with Gasteiger partial charge in [-0.05, 0) is 12.1 Å². The van der Waals surface area contributed by atoms with Crippen molar-refractivity contribution in [2.45, 2.75) is 0 Å². The standard InChI is InChI=1S/C15H11ClF2N4O/c1-22-14(8-6-12(23-2)19-7-9(8)16)20-21-15(22)13-10(17)4-3-5-11(13)18/h3-7H,1-2H3. The van der Waals surface area contributed by atoms with Gasteiger partial charge in [0, 0.05) is 18.7 Å². The predicted octanol–water partition coefficient (Wildman–Crippen LogP) is 3.48. The Kier molecular flexibility index (Phi) is 3.96. The van der Waals surface area contributed by atoms with E-state index >= 15 is 0 Å². The van der Waals surface area contributed by atoms with Crippen LogP contribution in [0, 0.1) is 11.6 Å². The molecule has 2 aromatic heterocycles. The van der Waals surface area contributed by atoms with E-state index in [1.165, 1.54) is 23.9 Å². The minimum atomic E-state index is -0.717. The Morgan fingerprint density at radius 1 is 1.13 bits per heavy atom. The molecule has 3 aromatic rings. The fraction of sp³-hybridized carbons (Fsp3) is 0.133. The molecule has 1 aromatic carbocycles. The Morgan fingerprint density at radius 3 is 2.43 bits per heavy atom. The second-order valence-electron chi connectivity index (χ2n) is 4.71. The molecule has 0 amide bonds. The van der Waals surface area contributed by atoms with E-state index in [2.05, 4.69) is 15.2 Å². The monoisotopic (exact) mass is 336 g/mol. The lowest BCUT2D eigenvalue weighted by Crippen LogP contribution is -2.00. The molecule has 8 heteroatoms. The molecule has 0 atom stereocenters. The molecule has 0 radical (unpaired) electrons. The quantitative estimate of drug-likeness (QED) is 0.734. The van der Waals surface area contributed by atoms with Crippen molar-refractivity contribution in [3.8, 4) is 28.7 Å². The van der Waals surface area contributed by atoms with E-state index in [0.29, 0.717) is 22.3 Å². The number of methoxy groups -OCH3 is 1. The van der Waals surface area contributed by atoms with Crippen molar-refractivity contribution in [1.82, 2.24) is 19.7 Å². The topological polar surface area (TPSA) is 52.8 Å². The van der Waals surface area contributed by atoms with Crippen molar-refractivity contribution in [2.75, 3.05) is 7.11 Å². The van der Waals surface area contributed by atoms with Crippen LogP contribution in [0.25, 0.3) is 22.8 Å². The van der Waals surface area contributed by atoms with Gasteiger partial charge in [-0.3, -0.25) is 0 Å². The van der Waals surface area contributed by atoms with Crippen LogP contribution in [-0.4, -0.2) is 26.9 Å². The molecule has 0 bridgehead atoms. The van der Waals surface area contributed by atoms with Gasteiger partial charge >= 0.3 is 0 Å². The van der Waals surface area contributed by atoms with E-state index in [9.17, 15) is 8.78 Å². The second-order valence-corrected chi connectivity index (χ2v) is 5.12. The highest BCUT2D eigenvalue weighted by Gasteiger charge is 2.20. The Balaban J connectivity index is 2.17. The lowest BCUT2D eigenvalue weighted by Gasteiger charge is -2.08. The summed E-state index contributed by atoms with van der Waals surface area (Å²) >= 11 is 6.13. The molecule has 5 nitrogen and oxygen atoms in total. The Hall–Kier alpha value is -2.54. The molecule has 2 heterocycles. The summed E-state index contributed by atoms with van der Waals surface area (Å²) in [6.45, 7) is 0. The zero-order chi connectivity index (χ0) is 16.6. The largest absolute Gasteiger partial charge is 0.481 e. The lowest BCUT2D eigenvalue weighted by molar-refractivity contribution is 0.398. The van der Waals surface area contributed by atoms with Crippen LogP contribution in [0.3, 0.4) is 0 Å². The van der Waals surface area contributed by atoms with Crippen LogP contribution < -0.4 is 4.74 Å². The number of halogens is 3. The van der Waals surface area contributed by atoms with Crippen molar-refractivity contribution in [3.63, 3.8) is 0 Å². The smallest absolute Gasteiger partial charge is 0.213 e. The van der Waals surface area contributed by atoms with Crippen molar-refractivity contribution in [2.24, 2.45) is 7.05 Å². The van der Waals surface area contributed by atoms with Gasteiger partial charge in [0.05, 0.1) is 23.9 Å². The highest BCUT2D eigenvalue weighted by atomic mass is 35.5. The first kappa shape index (κ1) is 15.4. The molecule has 0 N–H and O–H groups in total. The lowest BCUT2D eigenvalue weighted by atomic mass is 10.2. The molecule has 3 rings (SSSR count). The summed E-state index contributed by atoms with van der Waals surface area (Å²) < 4.78 is 34.4. The Morgan fingerprint density at radius 2 is 1.78 bits per heavy atom. The fourth-order valence-corrected chi connectivity index (χ4v) is 2.38. The third-order valence-corrected chi connectivity index (χ3v) is 3.64. The van der Waals surface area contributed by atoms with E-state index < -0.39 is 11.6 Å². The number of hydrogen-bond donors (Lipinski definition) is 0. The van der Waals surface area contributed by atoms with Crippen LogP contribution in [0.1, 0.15) is 0 Å². The van der Waals surface area contributed by atoms with Crippen LogP contribution >= 0.6 is 11.6 Å². The molecule has 0 fully saturated rings. The van der Waals surface area contributed by atoms with Gasteiger partial charge in [-0.1, -0.05) is 17.7 Å². The van der Waals surface area contributed by atoms with Gasteiger partial charge in [-0.15, -0.1) is 10.2 Å². The van der Waals surface area contributed by atoms with Crippen molar-refractivity contribution in [3.05, 3.63) is 47.1 Å². The molecule has 0 aliphatic carbocycles. The van der Waals surface area contributed by atoms with E-state index in [0.717, 1.165) is 12.1 Å². The number of pyridine rings is 1. The molecule has 0 unspecified atom stereocenters. The summed E-state index contributed by atoms with van der Waals surface area (Å²) in [5.41, 5.74) is 0.252. The van der Waals surface area contributed by atoms with Crippen molar-refractivity contribution < 1.29 is 13.5 Å². The highest BCUT2D eigenvalue weighted by Crippen LogP contribution is 2.32. The number of nitrogens with zero attached hydrogens (tertiary/aromatic N) is 4.